The molecule has 4 rings (SSSR count). The molecular weight excluding hydrogens is 320 g/mol. The van der Waals surface area contributed by atoms with E-state index >= 15 is 0 Å². The van der Waals surface area contributed by atoms with Crippen molar-refractivity contribution in [1.82, 2.24) is 0 Å². The minimum Gasteiger partial charge on any atom is -0.145 e. The molecule has 0 N–H and O–H groups in total. The summed E-state index contributed by atoms with van der Waals surface area (Å²) in [5.41, 5.74) is 6.92. The maximum atomic E-state index is 2.35. The molecule has 0 amide bonds. The normalized spacial score (nSPS) is 16.8. The molecule has 0 nitrogen and oxygen atoms in total. The van der Waals surface area contributed by atoms with Gasteiger partial charge >= 0.3 is 0 Å². The van der Waals surface area contributed by atoms with E-state index in [1.807, 2.05) is 11.3 Å². The number of fused-ring (bicyclic) bond motifs is 1. The van der Waals surface area contributed by atoms with E-state index in [4.69, 9.17) is 0 Å². The van der Waals surface area contributed by atoms with Gasteiger partial charge in [0, 0.05) is 15.7 Å². The van der Waals surface area contributed by atoms with Crippen molar-refractivity contribution >= 4 is 17.4 Å². The van der Waals surface area contributed by atoms with Crippen LogP contribution in [-0.2, 0) is 0 Å². The lowest BCUT2D eigenvalue weighted by atomic mass is 9.91. The molecule has 0 aliphatic heterocycles. The molecule has 2 atom stereocenters. The lowest BCUT2D eigenvalue weighted by Crippen LogP contribution is -1.95. The third-order valence-corrected chi connectivity index (χ3v) is 6.48. The fraction of sp³-hybridized carbons (Fsp3) is 0.250. The molecule has 0 saturated carbocycles. The Morgan fingerprint density at radius 1 is 1.00 bits per heavy atom. The van der Waals surface area contributed by atoms with Gasteiger partial charge in [0.2, 0.25) is 0 Å². The van der Waals surface area contributed by atoms with E-state index in [0.29, 0.717) is 11.8 Å². The summed E-state index contributed by atoms with van der Waals surface area (Å²) in [4.78, 5) is 2.82. The summed E-state index contributed by atoms with van der Waals surface area (Å²) >= 11 is 1.91. The first kappa shape index (κ1) is 16.4. The Kier molecular flexibility index (Phi) is 4.35. The average molecular weight is 345 g/mol. The Balaban J connectivity index is 1.72. The minimum absolute atomic E-state index is 0.410. The first-order valence-corrected chi connectivity index (χ1v) is 9.96. The van der Waals surface area contributed by atoms with E-state index in [1.165, 1.54) is 44.0 Å². The van der Waals surface area contributed by atoms with E-state index in [2.05, 4.69) is 87.5 Å². The first-order chi connectivity index (χ1) is 12.2. The van der Waals surface area contributed by atoms with E-state index in [1.54, 1.807) is 0 Å². The molecule has 3 aromatic rings. The number of hydrogen-bond donors (Lipinski definition) is 0. The van der Waals surface area contributed by atoms with E-state index in [-0.39, 0.29) is 0 Å². The van der Waals surface area contributed by atoms with Crippen molar-refractivity contribution in [3.05, 3.63) is 87.1 Å². The van der Waals surface area contributed by atoms with Crippen LogP contribution in [0, 0.1) is 6.92 Å². The topological polar surface area (TPSA) is 0 Å². The maximum Gasteiger partial charge on any atom is 0.0373 e. The van der Waals surface area contributed by atoms with Crippen LogP contribution in [0.4, 0.5) is 0 Å². The molecule has 25 heavy (non-hydrogen) atoms. The van der Waals surface area contributed by atoms with Crippen molar-refractivity contribution in [3.63, 3.8) is 0 Å². The Bertz CT molecular complexity index is 912. The fourth-order valence-corrected chi connectivity index (χ4v) is 4.66. The quantitative estimate of drug-likeness (QED) is 0.462. The Labute approximate surface area is 154 Å². The zero-order valence-corrected chi connectivity index (χ0v) is 15.9. The molecule has 0 saturated heterocycles. The fourth-order valence-electron chi connectivity index (χ4n) is 3.68. The third kappa shape index (κ3) is 2.98. The average Bonchev–Trinajstić information content (AvgIpc) is 3.27. The number of benzene rings is 2. The zero-order valence-electron chi connectivity index (χ0n) is 15.1. The lowest BCUT2D eigenvalue weighted by Gasteiger charge is -2.14. The number of rotatable bonds is 4. The SMILES string of the molecule is CCC(C)c1ccc(-c2cccc3c2C=CC3c2ccc(C)s2)cc1. The van der Waals surface area contributed by atoms with Crippen LogP contribution < -0.4 is 0 Å². The van der Waals surface area contributed by atoms with Crippen LogP contribution in [0.1, 0.15) is 58.5 Å². The third-order valence-electron chi connectivity index (χ3n) is 5.40. The van der Waals surface area contributed by atoms with Gasteiger partial charge in [-0.15, -0.1) is 11.3 Å². The summed E-state index contributed by atoms with van der Waals surface area (Å²) < 4.78 is 0. The molecule has 1 heteroatoms. The Morgan fingerprint density at radius 2 is 1.80 bits per heavy atom. The first-order valence-electron chi connectivity index (χ1n) is 9.15. The standard InChI is InChI=1S/C24H24S/c1-4-16(2)18-9-11-19(12-10-18)20-6-5-7-21-22(20)13-14-23(21)24-15-8-17(3)25-24/h5-16,23H,4H2,1-3H3. The predicted molar refractivity (Wildman–Crippen MR) is 111 cm³/mol. The van der Waals surface area contributed by atoms with E-state index in [9.17, 15) is 0 Å². The lowest BCUT2D eigenvalue weighted by molar-refractivity contribution is 0.734. The molecule has 126 valence electrons. The molecule has 0 fully saturated rings. The van der Waals surface area contributed by atoms with Crippen LogP contribution in [-0.4, -0.2) is 0 Å². The van der Waals surface area contributed by atoms with Gasteiger partial charge in [-0.05, 0) is 59.2 Å². The van der Waals surface area contributed by atoms with Crippen molar-refractivity contribution in [3.8, 4) is 11.1 Å². The highest BCUT2D eigenvalue weighted by molar-refractivity contribution is 7.12. The van der Waals surface area contributed by atoms with Crippen LogP contribution in [0.15, 0.2) is 60.7 Å². The summed E-state index contributed by atoms with van der Waals surface area (Å²) in [6.07, 6.45) is 5.85. The monoisotopic (exact) mass is 344 g/mol. The molecule has 0 bridgehead atoms. The summed E-state index contributed by atoms with van der Waals surface area (Å²) in [6.45, 7) is 6.73. The zero-order chi connectivity index (χ0) is 17.4. The molecule has 1 aliphatic carbocycles. The van der Waals surface area contributed by atoms with Gasteiger partial charge in [0.1, 0.15) is 0 Å². The molecule has 2 unspecified atom stereocenters. The summed E-state index contributed by atoms with van der Waals surface area (Å²) in [5, 5.41) is 0. The van der Waals surface area contributed by atoms with Crippen LogP contribution in [0.2, 0.25) is 0 Å². The van der Waals surface area contributed by atoms with Crippen molar-refractivity contribution in [2.24, 2.45) is 0 Å². The largest absolute Gasteiger partial charge is 0.145 e. The van der Waals surface area contributed by atoms with Gasteiger partial charge in [-0.2, -0.15) is 0 Å². The van der Waals surface area contributed by atoms with Crippen LogP contribution >= 0.6 is 11.3 Å². The van der Waals surface area contributed by atoms with Gasteiger partial charge < -0.3 is 0 Å². The highest BCUT2D eigenvalue weighted by Gasteiger charge is 2.22. The summed E-state index contributed by atoms with van der Waals surface area (Å²) in [5.74, 6) is 1.04. The van der Waals surface area contributed by atoms with Crippen LogP contribution in [0.25, 0.3) is 17.2 Å². The van der Waals surface area contributed by atoms with Gasteiger partial charge in [0.25, 0.3) is 0 Å². The van der Waals surface area contributed by atoms with Crippen molar-refractivity contribution in [1.29, 1.82) is 0 Å². The highest BCUT2D eigenvalue weighted by atomic mass is 32.1. The molecular formula is C24H24S. The second-order valence-corrected chi connectivity index (χ2v) is 8.34. The number of thiophene rings is 1. The van der Waals surface area contributed by atoms with Gasteiger partial charge in [-0.3, -0.25) is 0 Å². The molecule has 2 aromatic carbocycles. The summed E-state index contributed by atoms with van der Waals surface area (Å²) in [6, 6.07) is 20.4. The smallest absolute Gasteiger partial charge is 0.0373 e. The molecule has 1 heterocycles. The molecule has 1 aliphatic rings. The highest BCUT2D eigenvalue weighted by Crippen LogP contribution is 2.42. The number of hydrogen-bond acceptors (Lipinski definition) is 1. The van der Waals surface area contributed by atoms with E-state index in [0.717, 1.165) is 0 Å². The summed E-state index contributed by atoms with van der Waals surface area (Å²) in [7, 11) is 0. The molecule has 0 spiro atoms. The van der Waals surface area contributed by atoms with Crippen molar-refractivity contribution in [2.45, 2.75) is 39.0 Å². The Hall–Kier alpha value is -2.12. The van der Waals surface area contributed by atoms with Gasteiger partial charge in [-0.25, -0.2) is 0 Å². The number of allylic oxidation sites excluding steroid dienone is 1. The second kappa shape index (κ2) is 6.65. The predicted octanol–water partition coefficient (Wildman–Crippen LogP) is 7.40. The van der Waals surface area contributed by atoms with Crippen LogP contribution in [0.3, 0.4) is 0 Å². The molecule has 1 aromatic heterocycles. The molecule has 0 radical (unpaired) electrons. The van der Waals surface area contributed by atoms with Gasteiger partial charge in [0.15, 0.2) is 0 Å². The van der Waals surface area contributed by atoms with Gasteiger partial charge in [-0.1, -0.05) is 68.5 Å². The van der Waals surface area contributed by atoms with Crippen molar-refractivity contribution < 1.29 is 0 Å². The minimum atomic E-state index is 0.410. The second-order valence-electron chi connectivity index (χ2n) is 7.02. The van der Waals surface area contributed by atoms with Crippen molar-refractivity contribution in [2.75, 3.05) is 0 Å². The van der Waals surface area contributed by atoms with E-state index < -0.39 is 0 Å². The Morgan fingerprint density at radius 3 is 2.48 bits per heavy atom. The maximum absolute atomic E-state index is 2.35. The van der Waals surface area contributed by atoms with Crippen LogP contribution in [0.5, 0.6) is 0 Å². The van der Waals surface area contributed by atoms with Gasteiger partial charge in [0.05, 0.1) is 0 Å². The number of aryl methyl sites for hydroxylation is 1.